The van der Waals surface area contributed by atoms with Gasteiger partial charge in [0.2, 0.25) is 15.9 Å². The molecule has 2 aliphatic heterocycles. The van der Waals surface area contributed by atoms with Gasteiger partial charge in [-0.05, 0) is 36.4 Å². The molecular weight excluding hydrogens is 479 g/mol. The SMILES string of the molecule is NS(=O)(=O)c1ccc(N2C(=O)CC(N(CCN3CCOCC3)C(=O)c3ccccc3F)C2=O)cc1. The number of carbonyl (C=O) groups is 3. The number of morpholine rings is 1. The fourth-order valence-corrected chi connectivity index (χ4v) is 4.69. The number of nitrogens with zero attached hydrogens (tertiary/aromatic N) is 3. The summed E-state index contributed by atoms with van der Waals surface area (Å²) in [5, 5.41) is 5.11. The summed E-state index contributed by atoms with van der Waals surface area (Å²) >= 11 is 0. The Labute approximate surface area is 202 Å². The van der Waals surface area contributed by atoms with Gasteiger partial charge in [-0.2, -0.15) is 0 Å². The smallest absolute Gasteiger partial charge is 0.257 e. The summed E-state index contributed by atoms with van der Waals surface area (Å²) in [5.41, 5.74) is -0.0351. The Kier molecular flexibility index (Phi) is 7.26. The minimum atomic E-state index is -3.95. The third kappa shape index (κ3) is 5.40. The van der Waals surface area contributed by atoms with Gasteiger partial charge in [-0.15, -0.1) is 0 Å². The molecule has 2 aromatic rings. The van der Waals surface area contributed by atoms with Crippen molar-refractivity contribution in [2.24, 2.45) is 5.14 Å². The van der Waals surface area contributed by atoms with Crippen molar-refractivity contribution in [2.75, 3.05) is 44.3 Å². The minimum absolute atomic E-state index is 0.106. The summed E-state index contributed by atoms with van der Waals surface area (Å²) in [4.78, 5) is 43.6. The predicted molar refractivity (Wildman–Crippen MR) is 123 cm³/mol. The fourth-order valence-electron chi connectivity index (χ4n) is 4.18. The van der Waals surface area contributed by atoms with Gasteiger partial charge >= 0.3 is 0 Å². The van der Waals surface area contributed by atoms with Gasteiger partial charge in [-0.1, -0.05) is 12.1 Å². The Balaban J connectivity index is 1.61. The molecule has 186 valence electrons. The van der Waals surface area contributed by atoms with Crippen molar-refractivity contribution in [2.45, 2.75) is 17.4 Å². The van der Waals surface area contributed by atoms with Crippen LogP contribution in [0.15, 0.2) is 53.4 Å². The first kappa shape index (κ1) is 24.9. The molecule has 4 rings (SSSR count). The predicted octanol–water partition coefficient (Wildman–Crippen LogP) is 0.580. The van der Waals surface area contributed by atoms with Crippen LogP contribution >= 0.6 is 0 Å². The molecule has 2 heterocycles. The lowest BCUT2D eigenvalue weighted by Crippen LogP contribution is -2.49. The number of primary sulfonamides is 1. The second kappa shape index (κ2) is 10.2. The van der Waals surface area contributed by atoms with Gasteiger partial charge in [0, 0.05) is 26.2 Å². The highest BCUT2D eigenvalue weighted by molar-refractivity contribution is 7.89. The van der Waals surface area contributed by atoms with Gasteiger partial charge in [0.05, 0.1) is 35.8 Å². The molecule has 2 saturated heterocycles. The molecule has 2 aromatic carbocycles. The van der Waals surface area contributed by atoms with E-state index in [-0.39, 0.29) is 29.1 Å². The van der Waals surface area contributed by atoms with Crippen LogP contribution in [0.25, 0.3) is 0 Å². The average Bonchev–Trinajstić information content (AvgIpc) is 3.13. The van der Waals surface area contributed by atoms with Crippen LogP contribution in [0.4, 0.5) is 10.1 Å². The normalized spacial score (nSPS) is 19.3. The van der Waals surface area contributed by atoms with Crippen molar-refractivity contribution in [3.63, 3.8) is 0 Å². The van der Waals surface area contributed by atoms with Crippen LogP contribution < -0.4 is 10.0 Å². The van der Waals surface area contributed by atoms with Crippen molar-refractivity contribution < 1.29 is 31.9 Å². The quantitative estimate of drug-likeness (QED) is 0.546. The summed E-state index contributed by atoms with van der Waals surface area (Å²) in [6, 6.07) is 9.34. The highest BCUT2D eigenvalue weighted by Gasteiger charge is 2.45. The molecule has 0 aromatic heterocycles. The first-order chi connectivity index (χ1) is 16.7. The third-order valence-electron chi connectivity index (χ3n) is 6.05. The number of hydrogen-bond acceptors (Lipinski definition) is 7. The molecule has 0 bridgehead atoms. The van der Waals surface area contributed by atoms with Gasteiger partial charge in [-0.25, -0.2) is 22.8 Å². The van der Waals surface area contributed by atoms with Crippen molar-refractivity contribution in [3.8, 4) is 0 Å². The largest absolute Gasteiger partial charge is 0.379 e. The number of rotatable bonds is 7. The summed E-state index contributed by atoms with van der Waals surface area (Å²) in [7, 11) is -3.95. The number of hydrogen-bond donors (Lipinski definition) is 1. The summed E-state index contributed by atoms with van der Waals surface area (Å²) in [6.45, 7) is 2.93. The number of anilines is 1. The van der Waals surface area contributed by atoms with E-state index in [0.717, 1.165) is 11.0 Å². The zero-order valence-electron chi connectivity index (χ0n) is 18.8. The minimum Gasteiger partial charge on any atom is -0.379 e. The lowest BCUT2D eigenvalue weighted by molar-refractivity contribution is -0.122. The van der Waals surface area contributed by atoms with E-state index >= 15 is 0 Å². The van der Waals surface area contributed by atoms with Crippen LogP contribution in [0.1, 0.15) is 16.8 Å². The zero-order chi connectivity index (χ0) is 25.2. The molecule has 0 spiro atoms. The van der Waals surface area contributed by atoms with Gasteiger partial charge in [0.25, 0.3) is 11.8 Å². The number of sulfonamides is 1. The molecule has 0 aliphatic carbocycles. The van der Waals surface area contributed by atoms with E-state index in [1.165, 1.54) is 47.4 Å². The van der Waals surface area contributed by atoms with E-state index in [1.807, 2.05) is 0 Å². The molecule has 1 atom stereocenters. The molecule has 1 unspecified atom stereocenters. The average molecular weight is 505 g/mol. The van der Waals surface area contributed by atoms with Crippen LogP contribution in [0, 0.1) is 5.82 Å². The molecule has 2 fully saturated rings. The molecular formula is C23H25FN4O6S. The van der Waals surface area contributed by atoms with Crippen molar-refractivity contribution in [3.05, 3.63) is 59.9 Å². The van der Waals surface area contributed by atoms with Crippen LogP contribution in [-0.4, -0.2) is 81.4 Å². The molecule has 12 heteroatoms. The summed E-state index contributed by atoms with van der Waals surface area (Å²) in [5.74, 6) is -2.61. The number of benzene rings is 2. The lowest BCUT2D eigenvalue weighted by Gasteiger charge is -2.32. The molecule has 0 radical (unpaired) electrons. The topological polar surface area (TPSA) is 130 Å². The van der Waals surface area contributed by atoms with Gasteiger partial charge in [-0.3, -0.25) is 19.3 Å². The van der Waals surface area contributed by atoms with Crippen LogP contribution in [0.2, 0.25) is 0 Å². The number of carbonyl (C=O) groups excluding carboxylic acids is 3. The van der Waals surface area contributed by atoms with Gasteiger partial charge < -0.3 is 9.64 Å². The first-order valence-corrected chi connectivity index (χ1v) is 12.6. The number of imide groups is 1. The van der Waals surface area contributed by atoms with Gasteiger partial charge in [0.15, 0.2) is 0 Å². The summed E-state index contributed by atoms with van der Waals surface area (Å²) in [6.07, 6.45) is -0.279. The molecule has 35 heavy (non-hydrogen) atoms. The maximum atomic E-state index is 14.4. The van der Waals surface area contributed by atoms with E-state index in [0.29, 0.717) is 32.8 Å². The number of halogens is 1. The summed E-state index contributed by atoms with van der Waals surface area (Å²) < 4.78 is 42.8. The molecule has 10 nitrogen and oxygen atoms in total. The number of ether oxygens (including phenoxy) is 1. The van der Waals surface area contributed by atoms with Crippen molar-refractivity contribution in [1.82, 2.24) is 9.80 Å². The Morgan fingerprint density at radius 3 is 2.37 bits per heavy atom. The third-order valence-corrected chi connectivity index (χ3v) is 6.98. The Morgan fingerprint density at radius 2 is 1.74 bits per heavy atom. The van der Waals surface area contributed by atoms with Crippen molar-refractivity contribution >= 4 is 33.4 Å². The Morgan fingerprint density at radius 1 is 1.09 bits per heavy atom. The van der Waals surface area contributed by atoms with E-state index < -0.39 is 39.6 Å². The first-order valence-electron chi connectivity index (χ1n) is 11.0. The number of nitrogens with two attached hydrogens (primary N) is 1. The van der Waals surface area contributed by atoms with Gasteiger partial charge in [0.1, 0.15) is 11.9 Å². The highest BCUT2D eigenvalue weighted by Crippen LogP contribution is 2.28. The van der Waals surface area contributed by atoms with E-state index in [4.69, 9.17) is 9.88 Å². The number of amides is 3. The molecule has 2 N–H and O–H groups in total. The van der Waals surface area contributed by atoms with Crippen LogP contribution in [0.5, 0.6) is 0 Å². The fraction of sp³-hybridized carbons (Fsp3) is 0.348. The second-order valence-corrected chi connectivity index (χ2v) is 9.82. The standard InChI is InChI=1S/C23H25FN4O6S/c24-19-4-2-1-3-18(19)22(30)27(10-9-26-11-13-34-14-12-26)20-15-21(29)28(23(20)31)16-5-7-17(8-6-16)35(25,32)33/h1-8,20H,9-15H2,(H2,25,32,33). The van der Waals surface area contributed by atoms with E-state index in [1.54, 1.807) is 0 Å². The maximum absolute atomic E-state index is 14.4. The molecule has 3 amide bonds. The van der Waals surface area contributed by atoms with Crippen LogP contribution in [-0.2, 0) is 24.3 Å². The van der Waals surface area contributed by atoms with Crippen LogP contribution in [0.3, 0.4) is 0 Å². The van der Waals surface area contributed by atoms with E-state index in [2.05, 4.69) is 4.90 Å². The highest BCUT2D eigenvalue weighted by atomic mass is 32.2. The Hall–Kier alpha value is -3.19. The van der Waals surface area contributed by atoms with Crippen molar-refractivity contribution in [1.29, 1.82) is 0 Å². The Bertz CT molecular complexity index is 1230. The molecule has 0 saturated carbocycles. The second-order valence-electron chi connectivity index (χ2n) is 8.26. The molecule has 2 aliphatic rings. The van der Waals surface area contributed by atoms with E-state index in [9.17, 15) is 27.2 Å². The monoisotopic (exact) mass is 504 g/mol. The maximum Gasteiger partial charge on any atom is 0.257 e. The lowest BCUT2D eigenvalue weighted by atomic mass is 10.1. The zero-order valence-corrected chi connectivity index (χ0v) is 19.6.